The minimum atomic E-state index is -0.679. The summed E-state index contributed by atoms with van der Waals surface area (Å²) in [6.07, 6.45) is 1.19. The molecule has 6 nitrogen and oxygen atoms in total. The lowest BCUT2D eigenvalue weighted by atomic mass is 10.0. The van der Waals surface area contributed by atoms with E-state index < -0.39 is 23.8 Å². The van der Waals surface area contributed by atoms with Crippen LogP contribution in [-0.4, -0.2) is 34.1 Å². The molecule has 0 amide bonds. The van der Waals surface area contributed by atoms with Crippen LogP contribution in [-0.2, 0) is 9.53 Å². The molecule has 2 aromatic carbocycles. The fourth-order valence-electron chi connectivity index (χ4n) is 3.66. The SMILES string of the molecule is CC(C)C[C@@H](Oc1ccc2ccccc2c1)[C@H](C)OC(=O)[C@H](C)CC(=O)c1ncccc1O. The number of aromatic hydroxyl groups is 1. The molecular formula is C27H31NO5. The van der Waals surface area contributed by atoms with E-state index in [4.69, 9.17) is 9.47 Å². The Balaban J connectivity index is 1.65. The number of carbonyl (C=O) groups is 2. The normalized spacial score (nSPS) is 14.0. The highest BCUT2D eigenvalue weighted by Gasteiger charge is 2.28. The van der Waals surface area contributed by atoms with Crippen LogP contribution >= 0.6 is 0 Å². The predicted molar refractivity (Wildman–Crippen MR) is 127 cm³/mol. The summed E-state index contributed by atoms with van der Waals surface area (Å²) in [6, 6.07) is 16.9. The molecule has 0 spiro atoms. The van der Waals surface area contributed by atoms with Gasteiger partial charge >= 0.3 is 5.97 Å². The number of aromatic nitrogens is 1. The van der Waals surface area contributed by atoms with Gasteiger partial charge in [0.1, 0.15) is 29.4 Å². The van der Waals surface area contributed by atoms with Crippen LogP contribution in [0.5, 0.6) is 11.5 Å². The van der Waals surface area contributed by atoms with Gasteiger partial charge in [-0.1, -0.05) is 51.1 Å². The number of pyridine rings is 1. The molecule has 0 bridgehead atoms. The Morgan fingerprint density at radius 3 is 2.39 bits per heavy atom. The molecule has 0 saturated heterocycles. The van der Waals surface area contributed by atoms with E-state index in [2.05, 4.69) is 18.8 Å². The molecule has 1 heterocycles. The summed E-state index contributed by atoms with van der Waals surface area (Å²) in [5.74, 6) is -0.712. The Labute approximate surface area is 194 Å². The van der Waals surface area contributed by atoms with Gasteiger partial charge in [0, 0.05) is 12.6 Å². The van der Waals surface area contributed by atoms with Gasteiger partial charge < -0.3 is 14.6 Å². The number of Topliss-reactive ketones (excluding diaryl/α,β-unsaturated/α-hetero) is 1. The molecule has 174 valence electrons. The minimum Gasteiger partial charge on any atom is -0.506 e. The Morgan fingerprint density at radius 1 is 0.970 bits per heavy atom. The first kappa shape index (κ1) is 24.2. The van der Waals surface area contributed by atoms with Crippen LogP contribution < -0.4 is 4.74 Å². The number of benzene rings is 2. The van der Waals surface area contributed by atoms with Gasteiger partial charge in [-0.25, -0.2) is 4.98 Å². The van der Waals surface area contributed by atoms with E-state index in [1.54, 1.807) is 6.92 Å². The number of carbonyl (C=O) groups excluding carboxylic acids is 2. The molecular weight excluding hydrogens is 418 g/mol. The molecule has 33 heavy (non-hydrogen) atoms. The largest absolute Gasteiger partial charge is 0.506 e. The van der Waals surface area contributed by atoms with Gasteiger partial charge in [-0.05, 0) is 54.3 Å². The van der Waals surface area contributed by atoms with Gasteiger partial charge in [0.15, 0.2) is 5.78 Å². The maximum absolute atomic E-state index is 12.7. The zero-order valence-corrected chi connectivity index (χ0v) is 19.5. The van der Waals surface area contributed by atoms with Crippen LogP contribution in [0, 0.1) is 11.8 Å². The number of fused-ring (bicyclic) bond motifs is 1. The monoisotopic (exact) mass is 449 g/mol. The van der Waals surface area contributed by atoms with Crippen LogP contribution in [0.4, 0.5) is 0 Å². The number of nitrogens with zero attached hydrogens (tertiary/aromatic N) is 1. The molecule has 3 aromatic rings. The van der Waals surface area contributed by atoms with Crippen molar-refractivity contribution in [3.63, 3.8) is 0 Å². The fourth-order valence-corrected chi connectivity index (χ4v) is 3.66. The van der Waals surface area contributed by atoms with Crippen molar-refractivity contribution in [2.45, 2.75) is 52.7 Å². The molecule has 6 heteroatoms. The van der Waals surface area contributed by atoms with E-state index in [1.807, 2.05) is 49.4 Å². The van der Waals surface area contributed by atoms with Crippen molar-refractivity contribution in [1.29, 1.82) is 0 Å². The molecule has 0 aliphatic rings. The molecule has 0 aliphatic heterocycles. The second kappa shape index (κ2) is 10.9. The van der Waals surface area contributed by atoms with E-state index >= 15 is 0 Å². The van der Waals surface area contributed by atoms with E-state index in [9.17, 15) is 14.7 Å². The summed E-state index contributed by atoms with van der Waals surface area (Å²) in [4.78, 5) is 29.1. The summed E-state index contributed by atoms with van der Waals surface area (Å²) >= 11 is 0. The average molecular weight is 450 g/mol. The second-order valence-electron chi connectivity index (χ2n) is 8.84. The molecule has 0 aliphatic carbocycles. The summed E-state index contributed by atoms with van der Waals surface area (Å²) < 4.78 is 12.0. The Bertz CT molecular complexity index is 1110. The zero-order chi connectivity index (χ0) is 24.0. The quantitative estimate of drug-likeness (QED) is 0.321. The highest BCUT2D eigenvalue weighted by Crippen LogP contribution is 2.25. The topological polar surface area (TPSA) is 85.7 Å². The van der Waals surface area contributed by atoms with Gasteiger partial charge in [0.2, 0.25) is 0 Å². The Hall–Kier alpha value is -3.41. The van der Waals surface area contributed by atoms with Gasteiger partial charge in [0.05, 0.1) is 5.92 Å². The maximum atomic E-state index is 12.7. The van der Waals surface area contributed by atoms with Gasteiger partial charge in [-0.2, -0.15) is 0 Å². The van der Waals surface area contributed by atoms with Gasteiger partial charge in [0.25, 0.3) is 0 Å². The molecule has 3 atom stereocenters. The van der Waals surface area contributed by atoms with Crippen LogP contribution in [0.2, 0.25) is 0 Å². The van der Waals surface area contributed by atoms with Crippen molar-refractivity contribution in [2.75, 3.05) is 0 Å². The highest BCUT2D eigenvalue weighted by molar-refractivity contribution is 5.98. The third-order valence-corrected chi connectivity index (χ3v) is 5.48. The average Bonchev–Trinajstić information content (AvgIpc) is 2.78. The summed E-state index contributed by atoms with van der Waals surface area (Å²) in [6.45, 7) is 7.62. The van der Waals surface area contributed by atoms with Crippen molar-refractivity contribution >= 4 is 22.5 Å². The number of ether oxygens (including phenoxy) is 2. The van der Waals surface area contributed by atoms with Gasteiger partial charge in [-0.15, -0.1) is 0 Å². The minimum absolute atomic E-state index is 0.0393. The lowest BCUT2D eigenvalue weighted by Gasteiger charge is -2.27. The summed E-state index contributed by atoms with van der Waals surface area (Å²) in [5.41, 5.74) is -0.0393. The predicted octanol–water partition coefficient (Wildman–Crippen LogP) is 5.57. The smallest absolute Gasteiger partial charge is 0.309 e. The number of rotatable bonds is 10. The number of hydrogen-bond acceptors (Lipinski definition) is 6. The van der Waals surface area contributed by atoms with Gasteiger partial charge in [-0.3, -0.25) is 9.59 Å². The Morgan fingerprint density at radius 2 is 1.70 bits per heavy atom. The highest BCUT2D eigenvalue weighted by atomic mass is 16.6. The fraction of sp³-hybridized carbons (Fsp3) is 0.370. The van der Waals surface area contributed by atoms with E-state index in [1.165, 1.54) is 18.3 Å². The second-order valence-corrected chi connectivity index (χ2v) is 8.84. The molecule has 0 unspecified atom stereocenters. The molecule has 0 radical (unpaired) electrons. The third kappa shape index (κ3) is 6.54. The van der Waals surface area contributed by atoms with Crippen molar-refractivity contribution in [2.24, 2.45) is 11.8 Å². The van der Waals surface area contributed by atoms with Crippen LogP contribution in [0.3, 0.4) is 0 Å². The van der Waals surface area contributed by atoms with Crippen molar-refractivity contribution in [3.8, 4) is 11.5 Å². The van der Waals surface area contributed by atoms with Crippen LogP contribution in [0.15, 0.2) is 60.8 Å². The molecule has 0 fully saturated rings. The molecule has 1 aromatic heterocycles. The zero-order valence-electron chi connectivity index (χ0n) is 19.5. The number of hydrogen-bond donors (Lipinski definition) is 1. The van der Waals surface area contributed by atoms with E-state index in [0.717, 1.165) is 16.5 Å². The van der Waals surface area contributed by atoms with Crippen molar-refractivity contribution < 1.29 is 24.2 Å². The third-order valence-electron chi connectivity index (χ3n) is 5.48. The molecule has 3 rings (SSSR count). The van der Waals surface area contributed by atoms with E-state index in [0.29, 0.717) is 12.3 Å². The Kier molecular flexibility index (Phi) is 8.04. The lowest BCUT2D eigenvalue weighted by Crippen LogP contribution is -2.36. The first-order valence-corrected chi connectivity index (χ1v) is 11.3. The summed E-state index contributed by atoms with van der Waals surface area (Å²) in [5, 5.41) is 12.0. The first-order chi connectivity index (χ1) is 15.7. The van der Waals surface area contributed by atoms with Crippen molar-refractivity contribution in [1.82, 2.24) is 4.98 Å². The maximum Gasteiger partial charge on any atom is 0.309 e. The van der Waals surface area contributed by atoms with Crippen molar-refractivity contribution in [3.05, 3.63) is 66.5 Å². The number of esters is 1. The number of ketones is 1. The summed E-state index contributed by atoms with van der Waals surface area (Å²) in [7, 11) is 0. The van der Waals surface area contributed by atoms with Crippen LogP contribution in [0.25, 0.3) is 10.8 Å². The molecule has 0 saturated carbocycles. The molecule has 1 N–H and O–H groups in total. The standard InChI is InChI=1S/C27H31NO5/c1-17(2)14-25(33-22-12-11-20-8-5-6-9-21(20)16-22)19(4)32-27(31)18(3)15-24(30)26-23(29)10-7-13-28-26/h5-13,16-19,25,29H,14-15H2,1-4H3/t18-,19+,25-/m1/s1. The first-order valence-electron chi connectivity index (χ1n) is 11.3. The van der Waals surface area contributed by atoms with E-state index in [-0.39, 0.29) is 24.0 Å². The van der Waals surface area contributed by atoms with Crippen LogP contribution in [0.1, 0.15) is 51.0 Å². The lowest BCUT2D eigenvalue weighted by molar-refractivity contribution is -0.157.